The van der Waals surface area contributed by atoms with Crippen molar-refractivity contribution < 1.29 is 14.0 Å². The van der Waals surface area contributed by atoms with E-state index < -0.39 is 5.91 Å². The fourth-order valence-electron chi connectivity index (χ4n) is 1.49. The molecule has 1 aromatic carbocycles. The van der Waals surface area contributed by atoms with Gasteiger partial charge in [0.25, 0.3) is 0 Å². The third kappa shape index (κ3) is 4.79. The molecular weight excluding hydrogens is 345 g/mol. The van der Waals surface area contributed by atoms with Crippen molar-refractivity contribution in [2.75, 3.05) is 5.75 Å². The van der Waals surface area contributed by atoms with Crippen molar-refractivity contribution in [1.82, 2.24) is 10.2 Å². The lowest BCUT2D eigenvalue weighted by Gasteiger charge is -2.07. The Morgan fingerprint density at radius 2 is 1.91 bits per heavy atom. The van der Waals surface area contributed by atoms with Gasteiger partial charge in [-0.2, -0.15) is 0 Å². The van der Waals surface area contributed by atoms with Crippen LogP contribution in [-0.2, 0) is 4.79 Å². The average molecular weight is 357 g/mol. The van der Waals surface area contributed by atoms with E-state index in [1.165, 1.54) is 59.1 Å². The maximum Gasteiger partial charge on any atom is 0.227 e. The van der Waals surface area contributed by atoms with Crippen LogP contribution < -0.4 is 5.73 Å². The number of Topliss-reactive ketones (excluding diaryl/α,β-unsaturated/α-hetero) is 1. The molecule has 1 atom stereocenters. The van der Waals surface area contributed by atoms with Crippen LogP contribution in [0.15, 0.2) is 32.9 Å². The number of halogens is 1. The molecule has 0 aliphatic heterocycles. The van der Waals surface area contributed by atoms with Crippen LogP contribution in [0, 0.1) is 5.82 Å². The highest BCUT2D eigenvalue weighted by Gasteiger charge is 2.19. The SMILES string of the molecule is CC(Sc1nnc(SCC(N)=O)s1)C(=O)c1ccc(F)cc1. The molecule has 0 aliphatic carbocycles. The van der Waals surface area contributed by atoms with Gasteiger partial charge >= 0.3 is 0 Å². The normalized spacial score (nSPS) is 12.1. The first-order valence-electron chi connectivity index (χ1n) is 6.16. The fourth-order valence-corrected chi connectivity index (χ4v) is 4.47. The number of carbonyl (C=O) groups excluding carboxylic acids is 2. The largest absolute Gasteiger partial charge is 0.369 e. The van der Waals surface area contributed by atoms with Crippen LogP contribution in [0.4, 0.5) is 4.39 Å². The zero-order valence-electron chi connectivity index (χ0n) is 11.5. The number of carbonyl (C=O) groups is 2. The minimum absolute atomic E-state index is 0.105. The van der Waals surface area contributed by atoms with E-state index in [0.717, 1.165) is 0 Å². The Bertz CT molecular complexity index is 675. The molecule has 116 valence electrons. The maximum absolute atomic E-state index is 12.9. The fraction of sp³-hybridized carbons (Fsp3) is 0.231. The third-order valence-electron chi connectivity index (χ3n) is 2.50. The van der Waals surface area contributed by atoms with Gasteiger partial charge in [-0.05, 0) is 31.2 Å². The predicted octanol–water partition coefficient (Wildman–Crippen LogP) is 2.62. The summed E-state index contributed by atoms with van der Waals surface area (Å²) < 4.78 is 14.1. The van der Waals surface area contributed by atoms with Gasteiger partial charge in [0.05, 0.1) is 11.0 Å². The Hall–Kier alpha value is -1.45. The summed E-state index contributed by atoms with van der Waals surface area (Å²) in [4.78, 5) is 22.9. The van der Waals surface area contributed by atoms with Gasteiger partial charge in [-0.25, -0.2) is 4.39 Å². The Morgan fingerprint density at radius 3 is 2.55 bits per heavy atom. The highest BCUT2D eigenvalue weighted by atomic mass is 32.2. The monoisotopic (exact) mass is 357 g/mol. The Kier molecular flexibility index (Phi) is 5.92. The van der Waals surface area contributed by atoms with Crippen molar-refractivity contribution in [1.29, 1.82) is 0 Å². The highest BCUT2D eigenvalue weighted by Crippen LogP contribution is 2.32. The van der Waals surface area contributed by atoms with Gasteiger partial charge in [0.1, 0.15) is 5.82 Å². The second-order valence-corrected chi connectivity index (χ2v) is 8.01. The van der Waals surface area contributed by atoms with Crippen molar-refractivity contribution in [3.8, 4) is 0 Å². The molecule has 2 rings (SSSR count). The number of primary amides is 1. The molecule has 1 aromatic heterocycles. The van der Waals surface area contributed by atoms with Gasteiger partial charge in [-0.15, -0.1) is 10.2 Å². The second kappa shape index (κ2) is 7.70. The summed E-state index contributed by atoms with van der Waals surface area (Å²) in [5.74, 6) is -0.763. The van der Waals surface area contributed by atoms with Crippen molar-refractivity contribution in [3.05, 3.63) is 35.6 Å². The summed E-state index contributed by atoms with van der Waals surface area (Å²) >= 11 is 3.79. The van der Waals surface area contributed by atoms with Gasteiger partial charge in [-0.1, -0.05) is 34.9 Å². The zero-order chi connectivity index (χ0) is 16.1. The number of ketones is 1. The molecule has 1 amide bonds. The lowest BCUT2D eigenvalue weighted by molar-refractivity contribution is -0.115. The molecule has 9 heteroatoms. The highest BCUT2D eigenvalue weighted by molar-refractivity contribution is 8.04. The van der Waals surface area contributed by atoms with E-state index in [0.29, 0.717) is 14.2 Å². The molecule has 1 heterocycles. The topological polar surface area (TPSA) is 85.9 Å². The van der Waals surface area contributed by atoms with Crippen LogP contribution in [0.2, 0.25) is 0 Å². The number of amides is 1. The molecular formula is C13H12FN3O2S3. The van der Waals surface area contributed by atoms with Gasteiger partial charge in [-0.3, -0.25) is 9.59 Å². The maximum atomic E-state index is 12.9. The average Bonchev–Trinajstić information content (AvgIpc) is 2.92. The Balaban J connectivity index is 1.96. The molecule has 0 bridgehead atoms. The minimum atomic E-state index is -0.422. The van der Waals surface area contributed by atoms with Gasteiger partial charge < -0.3 is 5.73 Å². The Morgan fingerprint density at radius 1 is 1.27 bits per heavy atom. The van der Waals surface area contributed by atoms with Gasteiger partial charge in [0, 0.05) is 5.56 Å². The zero-order valence-corrected chi connectivity index (χ0v) is 13.9. The number of benzene rings is 1. The van der Waals surface area contributed by atoms with Crippen molar-refractivity contribution in [3.63, 3.8) is 0 Å². The molecule has 1 unspecified atom stereocenters. The van der Waals surface area contributed by atoms with E-state index in [1.807, 2.05) is 0 Å². The third-order valence-corrected chi connectivity index (χ3v) is 5.76. The molecule has 0 saturated heterocycles. The number of hydrogen-bond acceptors (Lipinski definition) is 7. The number of hydrogen-bond donors (Lipinski definition) is 1. The summed E-state index contributed by atoms with van der Waals surface area (Å²) in [5.41, 5.74) is 5.52. The number of nitrogens with zero attached hydrogens (tertiary/aromatic N) is 2. The summed E-state index contributed by atoms with van der Waals surface area (Å²) in [6, 6.07) is 5.44. The first kappa shape index (κ1) is 16.9. The molecule has 5 nitrogen and oxygen atoms in total. The first-order valence-corrected chi connectivity index (χ1v) is 8.85. The molecule has 0 fully saturated rings. The lowest BCUT2D eigenvalue weighted by atomic mass is 10.1. The van der Waals surface area contributed by atoms with E-state index in [2.05, 4.69) is 10.2 Å². The van der Waals surface area contributed by atoms with Crippen LogP contribution in [0.1, 0.15) is 17.3 Å². The molecule has 0 saturated carbocycles. The minimum Gasteiger partial charge on any atom is -0.369 e. The van der Waals surface area contributed by atoms with Gasteiger partial charge in [0.15, 0.2) is 14.5 Å². The number of thioether (sulfide) groups is 2. The Labute approximate surface area is 138 Å². The van der Waals surface area contributed by atoms with Gasteiger partial charge in [0.2, 0.25) is 5.91 Å². The van der Waals surface area contributed by atoms with Crippen molar-refractivity contribution in [2.24, 2.45) is 5.73 Å². The first-order chi connectivity index (χ1) is 10.5. The number of rotatable bonds is 7. The smallest absolute Gasteiger partial charge is 0.227 e. The van der Waals surface area contributed by atoms with Crippen molar-refractivity contribution >= 4 is 46.6 Å². The molecule has 0 aliphatic rings. The van der Waals surface area contributed by atoms with Crippen LogP contribution in [0.25, 0.3) is 0 Å². The standard InChI is InChI=1S/C13H12FN3O2S3/c1-7(11(19)8-2-4-9(14)5-3-8)21-13-17-16-12(22-13)20-6-10(15)18/h2-5,7H,6H2,1H3,(H2,15,18). The quantitative estimate of drug-likeness (QED) is 0.605. The lowest BCUT2D eigenvalue weighted by Crippen LogP contribution is -2.13. The molecule has 0 radical (unpaired) electrons. The van der Waals surface area contributed by atoms with Crippen molar-refractivity contribution in [2.45, 2.75) is 20.9 Å². The summed E-state index contributed by atoms with van der Waals surface area (Å²) in [5, 5.41) is 7.53. The van der Waals surface area contributed by atoms with E-state index in [1.54, 1.807) is 6.92 Å². The molecule has 2 N–H and O–H groups in total. The van der Waals surface area contributed by atoms with Crippen LogP contribution >= 0.6 is 34.9 Å². The molecule has 0 spiro atoms. The molecule has 2 aromatic rings. The summed E-state index contributed by atoms with van der Waals surface area (Å²) in [6.45, 7) is 1.76. The predicted molar refractivity (Wildman–Crippen MR) is 85.9 cm³/mol. The van der Waals surface area contributed by atoms with Crippen LogP contribution in [-0.4, -0.2) is 32.9 Å². The van der Waals surface area contributed by atoms with E-state index in [4.69, 9.17) is 5.73 Å². The van der Waals surface area contributed by atoms with E-state index in [-0.39, 0.29) is 22.6 Å². The number of nitrogens with two attached hydrogens (primary N) is 1. The summed E-state index contributed by atoms with van der Waals surface area (Å²) in [6.07, 6.45) is 0. The number of aromatic nitrogens is 2. The van der Waals surface area contributed by atoms with E-state index >= 15 is 0 Å². The summed E-state index contributed by atoms with van der Waals surface area (Å²) in [7, 11) is 0. The van der Waals surface area contributed by atoms with Crippen LogP contribution in [0.3, 0.4) is 0 Å². The van der Waals surface area contributed by atoms with Crippen LogP contribution in [0.5, 0.6) is 0 Å². The molecule has 22 heavy (non-hydrogen) atoms. The second-order valence-electron chi connectivity index (χ2n) is 4.22. The van der Waals surface area contributed by atoms with E-state index in [9.17, 15) is 14.0 Å².